The molecular weight excluding hydrogens is 358 g/mol. The molecule has 2 rings (SSSR count). The van der Waals surface area contributed by atoms with E-state index >= 15 is 0 Å². The fourth-order valence-electron chi connectivity index (χ4n) is 2.48. The number of amides is 1. The first kappa shape index (κ1) is 19.6. The van der Waals surface area contributed by atoms with Crippen LogP contribution in [0.2, 0.25) is 5.02 Å². The maximum Gasteiger partial charge on any atom is 0.303 e. The number of aliphatic carboxylic acids is 1. The van der Waals surface area contributed by atoms with Gasteiger partial charge in [0, 0.05) is 29.6 Å². The molecule has 0 heterocycles. The lowest BCUT2D eigenvalue weighted by atomic mass is 10.1. The minimum atomic E-state index is -0.911. The van der Waals surface area contributed by atoms with E-state index < -0.39 is 5.97 Å². The van der Waals surface area contributed by atoms with E-state index in [1.807, 2.05) is 0 Å². The second-order valence-electron chi connectivity index (χ2n) is 5.50. The van der Waals surface area contributed by atoms with Gasteiger partial charge in [0.25, 0.3) is 5.91 Å². The van der Waals surface area contributed by atoms with E-state index in [9.17, 15) is 9.59 Å². The molecule has 0 saturated carbocycles. The van der Waals surface area contributed by atoms with Crippen molar-refractivity contribution in [3.05, 3.63) is 53.1 Å². The Balaban J connectivity index is 2.38. The van der Waals surface area contributed by atoms with Gasteiger partial charge in [-0.25, -0.2) is 0 Å². The summed E-state index contributed by atoms with van der Waals surface area (Å²) in [5.74, 6) is -0.127. The van der Waals surface area contributed by atoms with Crippen LogP contribution in [0.25, 0.3) is 0 Å². The lowest BCUT2D eigenvalue weighted by Gasteiger charge is -2.25. The molecule has 0 spiro atoms. The molecule has 0 saturated heterocycles. The van der Waals surface area contributed by atoms with E-state index in [2.05, 4.69) is 0 Å². The Morgan fingerprint density at radius 3 is 2.35 bits per heavy atom. The molecule has 2 aromatic rings. The van der Waals surface area contributed by atoms with Crippen LogP contribution >= 0.6 is 11.6 Å². The molecule has 1 amide bonds. The molecule has 2 aromatic carbocycles. The molecule has 0 radical (unpaired) electrons. The van der Waals surface area contributed by atoms with Gasteiger partial charge in [0.05, 0.1) is 19.9 Å². The molecule has 0 aliphatic heterocycles. The van der Waals surface area contributed by atoms with Crippen LogP contribution in [0, 0.1) is 0 Å². The third-order valence-electron chi connectivity index (χ3n) is 3.79. The van der Waals surface area contributed by atoms with Crippen molar-refractivity contribution in [2.75, 3.05) is 25.7 Å². The quantitative estimate of drug-likeness (QED) is 0.755. The first-order chi connectivity index (χ1) is 12.5. The molecule has 0 unspecified atom stereocenters. The van der Waals surface area contributed by atoms with Crippen LogP contribution in [0.5, 0.6) is 11.5 Å². The maximum absolute atomic E-state index is 13.0. The van der Waals surface area contributed by atoms with Crippen LogP contribution in [0.1, 0.15) is 23.2 Å². The number of methoxy groups -OCH3 is 2. The molecule has 6 nitrogen and oxygen atoms in total. The summed E-state index contributed by atoms with van der Waals surface area (Å²) in [5, 5.41) is 9.42. The van der Waals surface area contributed by atoms with Gasteiger partial charge in [-0.3, -0.25) is 9.59 Å². The fourth-order valence-corrected chi connectivity index (χ4v) is 2.60. The third-order valence-corrected chi connectivity index (χ3v) is 4.04. The van der Waals surface area contributed by atoms with Gasteiger partial charge >= 0.3 is 5.97 Å². The van der Waals surface area contributed by atoms with Gasteiger partial charge < -0.3 is 19.5 Å². The van der Waals surface area contributed by atoms with E-state index in [0.717, 1.165) is 0 Å². The van der Waals surface area contributed by atoms with Gasteiger partial charge in [-0.15, -0.1) is 0 Å². The Kier molecular flexibility index (Phi) is 6.86. The predicted molar refractivity (Wildman–Crippen MR) is 99.5 cm³/mol. The zero-order valence-corrected chi connectivity index (χ0v) is 15.3. The zero-order chi connectivity index (χ0) is 19.1. The number of hydrogen-bond donors (Lipinski definition) is 1. The molecule has 0 aliphatic carbocycles. The van der Waals surface area contributed by atoms with Gasteiger partial charge in [-0.2, -0.15) is 0 Å². The van der Waals surface area contributed by atoms with Crippen molar-refractivity contribution in [1.82, 2.24) is 0 Å². The Morgan fingerprint density at radius 2 is 1.77 bits per heavy atom. The summed E-state index contributed by atoms with van der Waals surface area (Å²) >= 11 is 5.89. The van der Waals surface area contributed by atoms with Crippen molar-refractivity contribution >= 4 is 29.2 Å². The number of carboxylic acid groups (broad SMARTS) is 1. The Bertz CT molecular complexity index is 776. The third kappa shape index (κ3) is 4.89. The number of carboxylic acids is 1. The number of anilines is 1. The van der Waals surface area contributed by atoms with Crippen LogP contribution in [0.4, 0.5) is 5.69 Å². The number of nitrogens with zero attached hydrogens (tertiary/aromatic N) is 1. The van der Waals surface area contributed by atoms with Crippen molar-refractivity contribution in [2.45, 2.75) is 12.8 Å². The summed E-state index contributed by atoms with van der Waals surface area (Å²) in [6.45, 7) is 0.233. The highest BCUT2D eigenvalue weighted by atomic mass is 35.5. The monoisotopic (exact) mass is 377 g/mol. The second-order valence-corrected chi connectivity index (χ2v) is 5.94. The standard InChI is InChI=1S/C19H20ClNO5/c1-25-15-9-10-16(17(12-15)26-2)21(11-3-4-18(22)23)19(24)13-5-7-14(20)8-6-13/h5-10,12H,3-4,11H2,1-2H3,(H,22,23). The zero-order valence-electron chi connectivity index (χ0n) is 14.6. The van der Waals surface area contributed by atoms with E-state index in [1.165, 1.54) is 19.1 Å². The van der Waals surface area contributed by atoms with Crippen LogP contribution in [0.15, 0.2) is 42.5 Å². The number of halogens is 1. The molecule has 7 heteroatoms. The maximum atomic E-state index is 13.0. The van der Waals surface area contributed by atoms with Crippen LogP contribution in [-0.2, 0) is 4.79 Å². The summed E-state index contributed by atoms with van der Waals surface area (Å²) in [7, 11) is 3.04. The fraction of sp³-hybridized carbons (Fsp3) is 0.263. The van der Waals surface area contributed by atoms with E-state index in [0.29, 0.717) is 34.2 Å². The molecule has 0 bridgehead atoms. The van der Waals surface area contributed by atoms with Gasteiger partial charge in [0.2, 0.25) is 0 Å². The molecule has 0 fully saturated rings. The highest BCUT2D eigenvalue weighted by Crippen LogP contribution is 2.33. The molecule has 0 aliphatic rings. The highest BCUT2D eigenvalue weighted by molar-refractivity contribution is 6.30. The van der Waals surface area contributed by atoms with Crippen molar-refractivity contribution in [3.63, 3.8) is 0 Å². The molecular formula is C19H20ClNO5. The summed E-state index contributed by atoms with van der Waals surface area (Å²) < 4.78 is 10.6. The molecule has 0 atom stereocenters. The minimum absolute atomic E-state index is 0.0388. The summed E-state index contributed by atoms with van der Waals surface area (Å²) in [4.78, 5) is 25.3. The van der Waals surface area contributed by atoms with Crippen molar-refractivity contribution < 1.29 is 24.2 Å². The topological polar surface area (TPSA) is 76.1 Å². The Morgan fingerprint density at radius 1 is 1.08 bits per heavy atom. The van der Waals surface area contributed by atoms with Crippen LogP contribution < -0.4 is 14.4 Å². The van der Waals surface area contributed by atoms with Crippen molar-refractivity contribution in [2.24, 2.45) is 0 Å². The molecule has 0 aromatic heterocycles. The van der Waals surface area contributed by atoms with E-state index in [4.69, 9.17) is 26.2 Å². The number of hydrogen-bond acceptors (Lipinski definition) is 4. The number of benzene rings is 2. The first-order valence-corrected chi connectivity index (χ1v) is 8.35. The average molecular weight is 378 g/mol. The number of rotatable bonds is 8. The van der Waals surface area contributed by atoms with Crippen molar-refractivity contribution in [3.8, 4) is 11.5 Å². The second kappa shape index (κ2) is 9.10. The van der Waals surface area contributed by atoms with E-state index in [1.54, 1.807) is 42.5 Å². The van der Waals surface area contributed by atoms with Gasteiger partial charge in [-0.1, -0.05) is 11.6 Å². The van der Waals surface area contributed by atoms with Crippen LogP contribution in [0.3, 0.4) is 0 Å². The van der Waals surface area contributed by atoms with Gasteiger partial charge in [-0.05, 0) is 42.8 Å². The summed E-state index contributed by atoms with van der Waals surface area (Å²) in [5.41, 5.74) is 0.987. The largest absolute Gasteiger partial charge is 0.497 e. The van der Waals surface area contributed by atoms with Gasteiger partial charge in [0.15, 0.2) is 0 Å². The minimum Gasteiger partial charge on any atom is -0.497 e. The smallest absolute Gasteiger partial charge is 0.303 e. The number of carbonyl (C=O) groups excluding carboxylic acids is 1. The highest BCUT2D eigenvalue weighted by Gasteiger charge is 2.21. The Hall–Kier alpha value is -2.73. The lowest BCUT2D eigenvalue weighted by Crippen LogP contribution is -2.32. The predicted octanol–water partition coefficient (Wildman–Crippen LogP) is 3.87. The average Bonchev–Trinajstić information content (AvgIpc) is 2.64. The normalized spacial score (nSPS) is 10.3. The molecule has 138 valence electrons. The number of carbonyl (C=O) groups is 2. The SMILES string of the molecule is COc1ccc(N(CCCC(=O)O)C(=O)c2ccc(Cl)cc2)c(OC)c1. The molecule has 1 N–H and O–H groups in total. The number of ether oxygens (including phenoxy) is 2. The lowest BCUT2D eigenvalue weighted by molar-refractivity contribution is -0.137. The van der Waals surface area contributed by atoms with Crippen molar-refractivity contribution in [1.29, 1.82) is 0 Å². The summed E-state index contributed by atoms with van der Waals surface area (Å²) in [6.07, 6.45) is 0.271. The van der Waals surface area contributed by atoms with E-state index in [-0.39, 0.29) is 18.9 Å². The van der Waals surface area contributed by atoms with Gasteiger partial charge in [0.1, 0.15) is 11.5 Å². The van der Waals surface area contributed by atoms with Crippen LogP contribution in [-0.4, -0.2) is 37.7 Å². The molecule has 26 heavy (non-hydrogen) atoms. The summed E-state index contributed by atoms with van der Waals surface area (Å²) in [6, 6.07) is 11.6. The Labute approximate surface area is 156 Å². The first-order valence-electron chi connectivity index (χ1n) is 7.97.